The van der Waals surface area contributed by atoms with Crippen LogP contribution >= 0.6 is 23.3 Å². The molecule has 1 N–H and O–H groups in total. The summed E-state index contributed by atoms with van der Waals surface area (Å²) in [7, 11) is 1.86. The van der Waals surface area contributed by atoms with Crippen molar-refractivity contribution in [1.82, 2.24) is 19.1 Å². The van der Waals surface area contributed by atoms with Crippen LogP contribution in [0.4, 0.5) is 5.69 Å². The first-order valence-electron chi connectivity index (χ1n) is 6.26. The van der Waals surface area contributed by atoms with Crippen LogP contribution in [0.15, 0.2) is 4.34 Å². The van der Waals surface area contributed by atoms with Crippen molar-refractivity contribution in [2.75, 3.05) is 11.1 Å². The van der Waals surface area contributed by atoms with Crippen LogP contribution in [0.5, 0.6) is 0 Å². The van der Waals surface area contributed by atoms with E-state index < -0.39 is 0 Å². The van der Waals surface area contributed by atoms with Crippen molar-refractivity contribution in [3.05, 3.63) is 17.2 Å². The summed E-state index contributed by atoms with van der Waals surface area (Å²) in [6.07, 6.45) is 0.817. The first-order chi connectivity index (χ1) is 9.51. The summed E-state index contributed by atoms with van der Waals surface area (Å²) in [4.78, 5) is 16.3. The summed E-state index contributed by atoms with van der Waals surface area (Å²) in [5, 5.41) is 7.17. The van der Waals surface area contributed by atoms with Crippen LogP contribution in [-0.4, -0.2) is 30.8 Å². The number of rotatable bonds is 5. The molecule has 20 heavy (non-hydrogen) atoms. The van der Waals surface area contributed by atoms with Gasteiger partial charge in [0.2, 0.25) is 5.91 Å². The summed E-state index contributed by atoms with van der Waals surface area (Å²) in [5.74, 6) is 1.10. The normalized spacial score (nSPS) is 10.8. The second kappa shape index (κ2) is 6.36. The van der Waals surface area contributed by atoms with Crippen molar-refractivity contribution in [3.63, 3.8) is 0 Å². The lowest BCUT2D eigenvalue weighted by Crippen LogP contribution is -2.15. The Balaban J connectivity index is 1.92. The fourth-order valence-electron chi connectivity index (χ4n) is 1.70. The zero-order valence-electron chi connectivity index (χ0n) is 11.9. The number of carbonyl (C=O) groups excluding carboxylic acids is 1. The minimum atomic E-state index is -0.0533. The monoisotopic (exact) mass is 311 g/mol. The van der Waals surface area contributed by atoms with Crippen LogP contribution in [0.3, 0.4) is 0 Å². The van der Waals surface area contributed by atoms with Crippen molar-refractivity contribution in [2.45, 2.75) is 31.5 Å². The van der Waals surface area contributed by atoms with Crippen LogP contribution < -0.4 is 5.32 Å². The first-order valence-corrected chi connectivity index (χ1v) is 8.02. The van der Waals surface area contributed by atoms with Crippen LogP contribution in [0.1, 0.15) is 24.1 Å². The summed E-state index contributed by atoms with van der Waals surface area (Å²) in [5.41, 5.74) is 2.57. The van der Waals surface area contributed by atoms with E-state index in [0.29, 0.717) is 5.75 Å². The molecule has 108 valence electrons. The highest BCUT2D eigenvalue weighted by molar-refractivity contribution is 8.01. The predicted octanol–water partition coefficient (Wildman–Crippen LogP) is 2.18. The number of nitrogens with one attached hydrogen (secondary N) is 1. The number of aryl methyl sites for hydroxylation is 3. The maximum atomic E-state index is 12.0. The van der Waals surface area contributed by atoms with Gasteiger partial charge in [-0.05, 0) is 25.4 Å². The van der Waals surface area contributed by atoms with Gasteiger partial charge in [0.15, 0.2) is 4.34 Å². The molecule has 0 saturated carbocycles. The molecule has 2 aromatic heterocycles. The third-order valence-electron chi connectivity index (χ3n) is 2.87. The van der Waals surface area contributed by atoms with Crippen molar-refractivity contribution < 1.29 is 4.79 Å². The van der Waals surface area contributed by atoms with Crippen LogP contribution in [0.25, 0.3) is 0 Å². The van der Waals surface area contributed by atoms with Gasteiger partial charge in [-0.25, -0.2) is 4.98 Å². The molecule has 6 nitrogen and oxygen atoms in total. The Labute approximate surface area is 126 Å². The molecule has 2 rings (SSSR count). The quantitative estimate of drug-likeness (QED) is 0.857. The van der Waals surface area contributed by atoms with E-state index in [1.807, 2.05) is 27.8 Å². The third-order valence-corrected chi connectivity index (χ3v) is 4.74. The van der Waals surface area contributed by atoms with Crippen LogP contribution in [0.2, 0.25) is 0 Å². The van der Waals surface area contributed by atoms with E-state index >= 15 is 0 Å². The van der Waals surface area contributed by atoms with E-state index in [1.54, 1.807) is 4.68 Å². The van der Waals surface area contributed by atoms with Gasteiger partial charge in [0.25, 0.3) is 0 Å². The molecule has 0 bridgehead atoms. The summed E-state index contributed by atoms with van der Waals surface area (Å²) >= 11 is 2.75. The van der Waals surface area contributed by atoms with Gasteiger partial charge in [-0.3, -0.25) is 9.48 Å². The Morgan fingerprint density at radius 1 is 1.45 bits per heavy atom. The molecule has 0 unspecified atom stereocenters. The minimum Gasteiger partial charge on any atom is -0.322 e. The van der Waals surface area contributed by atoms with Gasteiger partial charge >= 0.3 is 0 Å². The zero-order chi connectivity index (χ0) is 14.7. The zero-order valence-corrected chi connectivity index (χ0v) is 13.6. The highest BCUT2D eigenvalue weighted by Crippen LogP contribution is 2.22. The number of aromatic nitrogens is 4. The fourth-order valence-corrected chi connectivity index (χ4v) is 3.19. The number of anilines is 1. The molecular formula is C12H17N5OS2. The Morgan fingerprint density at radius 3 is 2.75 bits per heavy atom. The number of nitrogens with zero attached hydrogens (tertiary/aromatic N) is 4. The Kier molecular flexibility index (Phi) is 4.77. The van der Waals surface area contributed by atoms with Crippen LogP contribution in [-0.2, 0) is 18.3 Å². The van der Waals surface area contributed by atoms with Crippen molar-refractivity contribution in [3.8, 4) is 0 Å². The van der Waals surface area contributed by atoms with Gasteiger partial charge in [0.05, 0.1) is 22.8 Å². The maximum absolute atomic E-state index is 12.0. The second-order valence-electron chi connectivity index (χ2n) is 4.34. The van der Waals surface area contributed by atoms with Gasteiger partial charge in [0, 0.05) is 13.5 Å². The fraction of sp³-hybridized carbons (Fsp3) is 0.500. The largest absolute Gasteiger partial charge is 0.322 e. The average Bonchev–Trinajstić information content (AvgIpc) is 2.97. The van der Waals surface area contributed by atoms with Gasteiger partial charge < -0.3 is 5.32 Å². The molecule has 0 aliphatic carbocycles. The van der Waals surface area contributed by atoms with Crippen molar-refractivity contribution in [1.29, 1.82) is 0 Å². The standard InChI is InChI=1S/C12H17N5OS2/c1-5-9-13-12(20-16-9)19-6-10(18)14-11-7(2)15-17(4)8(11)3/h5-6H2,1-4H3,(H,14,18). The molecule has 2 heterocycles. The number of carbonyl (C=O) groups is 1. The predicted molar refractivity (Wildman–Crippen MR) is 81.3 cm³/mol. The van der Waals surface area contributed by atoms with E-state index in [9.17, 15) is 4.79 Å². The van der Waals surface area contributed by atoms with E-state index in [1.165, 1.54) is 23.3 Å². The van der Waals surface area contributed by atoms with E-state index in [4.69, 9.17) is 0 Å². The number of hydrogen-bond donors (Lipinski definition) is 1. The first kappa shape index (κ1) is 15.0. The molecule has 0 radical (unpaired) electrons. The van der Waals surface area contributed by atoms with E-state index in [0.717, 1.165) is 33.7 Å². The van der Waals surface area contributed by atoms with Crippen LogP contribution in [0, 0.1) is 13.8 Å². The number of thioether (sulfide) groups is 1. The third kappa shape index (κ3) is 3.37. The lowest BCUT2D eigenvalue weighted by molar-refractivity contribution is -0.113. The summed E-state index contributed by atoms with van der Waals surface area (Å²) in [6, 6.07) is 0. The number of hydrogen-bond acceptors (Lipinski definition) is 6. The molecule has 0 spiro atoms. The van der Waals surface area contributed by atoms with E-state index in [2.05, 4.69) is 19.8 Å². The molecule has 0 saturated heterocycles. The molecule has 0 aliphatic heterocycles. The smallest absolute Gasteiger partial charge is 0.234 e. The molecule has 1 amide bonds. The molecule has 0 fully saturated rings. The van der Waals surface area contributed by atoms with Gasteiger partial charge in [0.1, 0.15) is 5.82 Å². The molecular weight excluding hydrogens is 294 g/mol. The van der Waals surface area contributed by atoms with Gasteiger partial charge in [-0.15, -0.1) is 0 Å². The topological polar surface area (TPSA) is 72.7 Å². The molecule has 0 aliphatic rings. The highest BCUT2D eigenvalue weighted by Gasteiger charge is 2.13. The minimum absolute atomic E-state index is 0.0533. The second-order valence-corrected chi connectivity index (χ2v) is 6.31. The Bertz CT molecular complexity index is 619. The molecule has 0 aromatic carbocycles. The van der Waals surface area contributed by atoms with Crippen molar-refractivity contribution in [2.24, 2.45) is 7.05 Å². The molecule has 2 aromatic rings. The average molecular weight is 311 g/mol. The SMILES string of the molecule is CCc1nsc(SCC(=O)Nc2c(C)nn(C)c2C)n1. The maximum Gasteiger partial charge on any atom is 0.234 e. The highest BCUT2D eigenvalue weighted by atomic mass is 32.2. The molecule has 0 atom stereocenters. The van der Waals surface area contributed by atoms with Crippen molar-refractivity contribution >= 4 is 34.9 Å². The molecule has 8 heteroatoms. The number of amides is 1. The lowest BCUT2D eigenvalue weighted by atomic mass is 10.3. The van der Waals surface area contributed by atoms with Gasteiger partial charge in [-0.1, -0.05) is 18.7 Å². The van der Waals surface area contributed by atoms with Gasteiger partial charge in [-0.2, -0.15) is 9.47 Å². The summed E-state index contributed by atoms with van der Waals surface area (Å²) < 4.78 is 6.78. The Morgan fingerprint density at radius 2 is 2.20 bits per heavy atom. The Hall–Kier alpha value is -1.41. The van der Waals surface area contributed by atoms with E-state index in [-0.39, 0.29) is 5.91 Å². The summed E-state index contributed by atoms with van der Waals surface area (Å²) in [6.45, 7) is 5.83. The lowest BCUT2D eigenvalue weighted by Gasteiger charge is -2.04.